The van der Waals surface area contributed by atoms with Crippen molar-refractivity contribution in [1.29, 1.82) is 0 Å². The van der Waals surface area contributed by atoms with Crippen molar-refractivity contribution >= 4 is 5.69 Å². The number of nitrogens with one attached hydrogen (secondary N) is 1. The van der Waals surface area contributed by atoms with Gasteiger partial charge >= 0.3 is 0 Å². The van der Waals surface area contributed by atoms with E-state index in [-0.39, 0.29) is 0 Å². The predicted octanol–water partition coefficient (Wildman–Crippen LogP) is 3.91. The molecule has 1 N–H and O–H groups in total. The number of benzene rings is 1. The van der Waals surface area contributed by atoms with Gasteiger partial charge in [-0.2, -0.15) is 0 Å². The van der Waals surface area contributed by atoms with Gasteiger partial charge in [-0.25, -0.2) is 0 Å². The third-order valence-electron chi connectivity index (χ3n) is 5.01. The van der Waals surface area contributed by atoms with Gasteiger partial charge in [-0.05, 0) is 54.3 Å². The van der Waals surface area contributed by atoms with Gasteiger partial charge < -0.3 is 5.32 Å². The lowest BCUT2D eigenvalue weighted by Gasteiger charge is -2.27. The van der Waals surface area contributed by atoms with Crippen LogP contribution in [-0.2, 0) is 13.0 Å². The van der Waals surface area contributed by atoms with Crippen LogP contribution in [-0.4, -0.2) is 24.5 Å². The molecule has 0 bridgehead atoms. The molecular weight excluding hydrogens is 244 g/mol. The Morgan fingerprint density at radius 2 is 2.15 bits per heavy atom. The fourth-order valence-electron chi connectivity index (χ4n) is 3.57. The van der Waals surface area contributed by atoms with Gasteiger partial charge in [0.25, 0.3) is 0 Å². The molecule has 1 fully saturated rings. The molecule has 1 atom stereocenters. The van der Waals surface area contributed by atoms with Crippen molar-refractivity contribution in [3.8, 4) is 0 Å². The van der Waals surface area contributed by atoms with Crippen molar-refractivity contribution in [2.45, 2.75) is 46.6 Å². The fourth-order valence-corrected chi connectivity index (χ4v) is 3.57. The molecule has 110 valence electrons. The number of rotatable bonds is 2. The van der Waals surface area contributed by atoms with Gasteiger partial charge in [0.05, 0.1) is 0 Å². The molecule has 1 saturated heterocycles. The summed E-state index contributed by atoms with van der Waals surface area (Å²) in [6, 6.07) is 7.01. The van der Waals surface area contributed by atoms with Gasteiger partial charge in [0, 0.05) is 25.3 Å². The van der Waals surface area contributed by atoms with E-state index in [4.69, 9.17) is 0 Å². The predicted molar refractivity (Wildman–Crippen MR) is 86.1 cm³/mol. The third kappa shape index (κ3) is 3.01. The highest BCUT2D eigenvalue weighted by atomic mass is 15.1. The lowest BCUT2D eigenvalue weighted by Crippen LogP contribution is -2.25. The van der Waals surface area contributed by atoms with Crippen LogP contribution in [0.3, 0.4) is 0 Å². The number of anilines is 1. The zero-order chi connectivity index (χ0) is 14.2. The molecule has 2 aliphatic rings. The van der Waals surface area contributed by atoms with Gasteiger partial charge in [-0.15, -0.1) is 0 Å². The molecule has 0 aromatic heterocycles. The van der Waals surface area contributed by atoms with Crippen molar-refractivity contribution in [2.24, 2.45) is 11.3 Å². The molecule has 3 rings (SSSR count). The van der Waals surface area contributed by atoms with E-state index in [2.05, 4.69) is 49.2 Å². The Bertz CT molecular complexity index is 473. The maximum atomic E-state index is 3.50. The second-order valence-electron chi connectivity index (χ2n) is 7.61. The van der Waals surface area contributed by atoms with Crippen LogP contribution in [0.5, 0.6) is 0 Å². The van der Waals surface area contributed by atoms with E-state index in [0.717, 1.165) is 19.0 Å². The van der Waals surface area contributed by atoms with Crippen molar-refractivity contribution in [3.63, 3.8) is 0 Å². The third-order valence-corrected chi connectivity index (χ3v) is 5.01. The van der Waals surface area contributed by atoms with Crippen molar-refractivity contribution < 1.29 is 0 Å². The highest BCUT2D eigenvalue weighted by Gasteiger charge is 2.31. The monoisotopic (exact) mass is 272 g/mol. The minimum Gasteiger partial charge on any atom is -0.385 e. The van der Waals surface area contributed by atoms with Crippen molar-refractivity contribution in [1.82, 2.24) is 4.90 Å². The summed E-state index contributed by atoms with van der Waals surface area (Å²) >= 11 is 0. The van der Waals surface area contributed by atoms with E-state index in [1.54, 1.807) is 0 Å². The molecular formula is C18H28N2. The summed E-state index contributed by atoms with van der Waals surface area (Å²) in [5, 5.41) is 3.50. The van der Waals surface area contributed by atoms with E-state index < -0.39 is 0 Å². The van der Waals surface area contributed by atoms with E-state index in [0.29, 0.717) is 5.41 Å². The van der Waals surface area contributed by atoms with E-state index in [1.807, 2.05) is 0 Å². The van der Waals surface area contributed by atoms with Gasteiger partial charge in [0.2, 0.25) is 0 Å². The number of aryl methyl sites for hydroxylation is 1. The Hall–Kier alpha value is -1.02. The molecule has 2 nitrogen and oxygen atoms in total. The van der Waals surface area contributed by atoms with E-state index in [9.17, 15) is 0 Å². The van der Waals surface area contributed by atoms with Crippen LogP contribution in [0.15, 0.2) is 18.2 Å². The molecule has 2 heteroatoms. The summed E-state index contributed by atoms with van der Waals surface area (Å²) in [4.78, 5) is 2.63. The molecule has 0 radical (unpaired) electrons. The first-order chi connectivity index (χ1) is 9.52. The van der Waals surface area contributed by atoms with Crippen LogP contribution in [0.4, 0.5) is 5.69 Å². The largest absolute Gasteiger partial charge is 0.385 e. The highest BCUT2D eigenvalue weighted by Crippen LogP contribution is 2.34. The standard InChI is InChI=1S/C18H28N2/c1-18(2,3)16-8-10-20(13-16)12-14-6-7-17-15(11-14)5-4-9-19-17/h6-7,11,16,19H,4-5,8-10,12-13H2,1-3H3. The van der Waals surface area contributed by atoms with Crippen molar-refractivity contribution in [2.75, 3.05) is 25.0 Å². The number of hydrogen-bond acceptors (Lipinski definition) is 2. The summed E-state index contributed by atoms with van der Waals surface area (Å²) in [7, 11) is 0. The maximum Gasteiger partial charge on any atom is 0.0372 e. The minimum atomic E-state index is 0.453. The van der Waals surface area contributed by atoms with Gasteiger partial charge in [-0.3, -0.25) is 4.90 Å². The van der Waals surface area contributed by atoms with Crippen LogP contribution >= 0.6 is 0 Å². The Labute approximate surface area is 123 Å². The quantitative estimate of drug-likeness (QED) is 0.878. The van der Waals surface area contributed by atoms with Gasteiger partial charge in [0.15, 0.2) is 0 Å². The van der Waals surface area contributed by atoms with Crippen LogP contribution in [0.25, 0.3) is 0 Å². The molecule has 2 heterocycles. The minimum absolute atomic E-state index is 0.453. The van der Waals surface area contributed by atoms with E-state index in [1.165, 1.54) is 49.2 Å². The van der Waals surface area contributed by atoms with E-state index >= 15 is 0 Å². The number of fused-ring (bicyclic) bond motifs is 1. The Morgan fingerprint density at radius 1 is 1.30 bits per heavy atom. The van der Waals surface area contributed by atoms with Crippen LogP contribution in [0.1, 0.15) is 44.7 Å². The summed E-state index contributed by atoms with van der Waals surface area (Å²) in [5.41, 5.74) is 4.81. The first kappa shape index (κ1) is 13.9. The Kier molecular flexibility index (Phi) is 3.76. The number of likely N-dealkylation sites (tertiary alicyclic amines) is 1. The molecule has 1 unspecified atom stereocenters. The van der Waals surface area contributed by atoms with Crippen LogP contribution in [0.2, 0.25) is 0 Å². The van der Waals surface area contributed by atoms with Crippen molar-refractivity contribution in [3.05, 3.63) is 29.3 Å². The first-order valence-electron chi connectivity index (χ1n) is 8.10. The molecule has 0 aliphatic carbocycles. The zero-order valence-electron chi connectivity index (χ0n) is 13.2. The second-order valence-corrected chi connectivity index (χ2v) is 7.61. The molecule has 2 aliphatic heterocycles. The van der Waals surface area contributed by atoms with Crippen LogP contribution in [0, 0.1) is 11.3 Å². The molecule has 1 aromatic rings. The topological polar surface area (TPSA) is 15.3 Å². The molecule has 0 spiro atoms. The highest BCUT2D eigenvalue weighted by molar-refractivity contribution is 5.54. The lowest BCUT2D eigenvalue weighted by atomic mass is 9.80. The van der Waals surface area contributed by atoms with Crippen LogP contribution < -0.4 is 5.32 Å². The molecule has 0 saturated carbocycles. The summed E-state index contributed by atoms with van der Waals surface area (Å²) in [6.45, 7) is 11.9. The molecule has 0 amide bonds. The Balaban J connectivity index is 1.64. The summed E-state index contributed by atoms with van der Waals surface area (Å²) in [6.07, 6.45) is 3.86. The summed E-state index contributed by atoms with van der Waals surface area (Å²) in [5.74, 6) is 0.849. The first-order valence-corrected chi connectivity index (χ1v) is 8.10. The SMILES string of the molecule is CC(C)(C)C1CCN(Cc2ccc3c(c2)CCCN3)C1. The average Bonchev–Trinajstić information content (AvgIpc) is 2.87. The Morgan fingerprint density at radius 3 is 2.90 bits per heavy atom. The molecule has 20 heavy (non-hydrogen) atoms. The normalized spacial score (nSPS) is 23.4. The maximum absolute atomic E-state index is 3.50. The number of hydrogen-bond donors (Lipinski definition) is 1. The second kappa shape index (κ2) is 5.40. The lowest BCUT2D eigenvalue weighted by molar-refractivity contribution is 0.226. The molecule has 1 aromatic carbocycles. The average molecular weight is 272 g/mol. The van der Waals surface area contributed by atoms with Gasteiger partial charge in [0.1, 0.15) is 0 Å². The fraction of sp³-hybridized carbons (Fsp3) is 0.667. The van der Waals surface area contributed by atoms with Gasteiger partial charge in [-0.1, -0.05) is 32.9 Å². The number of nitrogens with zero attached hydrogens (tertiary/aromatic N) is 1. The smallest absolute Gasteiger partial charge is 0.0372 e. The summed E-state index contributed by atoms with van der Waals surface area (Å²) < 4.78 is 0. The zero-order valence-corrected chi connectivity index (χ0v) is 13.2.